The zero-order valence-corrected chi connectivity index (χ0v) is 22.0. The number of carbonyl (C=O) groups is 1. The highest BCUT2D eigenvalue weighted by Crippen LogP contribution is 2.45. The molecule has 1 saturated carbocycles. The fourth-order valence-electron chi connectivity index (χ4n) is 4.73. The Bertz CT molecular complexity index is 1680. The van der Waals surface area contributed by atoms with Crippen molar-refractivity contribution in [1.29, 1.82) is 0 Å². The number of imidazole rings is 1. The van der Waals surface area contributed by atoms with Crippen molar-refractivity contribution in [2.24, 2.45) is 24.6 Å². The van der Waals surface area contributed by atoms with Crippen LogP contribution in [0.2, 0.25) is 0 Å². The van der Waals surface area contributed by atoms with E-state index in [9.17, 15) is 14.4 Å². The van der Waals surface area contributed by atoms with Gasteiger partial charge >= 0.3 is 5.69 Å². The Morgan fingerprint density at radius 3 is 2.46 bits per heavy atom. The van der Waals surface area contributed by atoms with E-state index in [1.165, 1.54) is 28.9 Å². The van der Waals surface area contributed by atoms with Gasteiger partial charge in [0.2, 0.25) is 11.9 Å². The summed E-state index contributed by atoms with van der Waals surface area (Å²) < 4.78 is 3.62. The molecular weight excluding hydrogens is 498 g/mol. The highest BCUT2D eigenvalue weighted by Gasteiger charge is 2.45. The summed E-state index contributed by atoms with van der Waals surface area (Å²) in [7, 11) is 1.51. The standard InChI is InChI=1S/C14H14N4.C13H15N5O3/c1-2-4-15-13(3-1)12-6-16-14(17-7-12)18-8-10-5-11(10)9-18;1-4-5-6-17-12(20)9-11(16(3)13(17)21)15-7-18(9)8(2)10(14)19/h1-4,6-7,10-11H,5,8-9H2;7-8H,6H2,1-3H3,(H2,14,19)/t;8-/m.0/s1. The predicted molar refractivity (Wildman–Crippen MR) is 146 cm³/mol. The van der Waals surface area contributed by atoms with E-state index in [2.05, 4.69) is 36.7 Å². The largest absolute Gasteiger partial charge is 0.368 e. The number of hydrogen-bond acceptors (Lipinski definition) is 8. The van der Waals surface area contributed by atoms with Crippen molar-refractivity contribution in [1.82, 2.24) is 33.6 Å². The number of aryl methyl sites for hydroxylation is 1. The van der Waals surface area contributed by atoms with Gasteiger partial charge in [0.25, 0.3) is 5.56 Å². The molecule has 2 N–H and O–H groups in total. The molecule has 12 heteroatoms. The zero-order valence-electron chi connectivity index (χ0n) is 22.0. The minimum absolute atomic E-state index is 0.0198. The average molecular weight is 528 g/mol. The molecule has 6 rings (SSSR count). The van der Waals surface area contributed by atoms with E-state index in [1.807, 2.05) is 30.6 Å². The van der Waals surface area contributed by atoms with Crippen LogP contribution in [0.5, 0.6) is 0 Å². The lowest BCUT2D eigenvalue weighted by atomic mass is 10.2. The van der Waals surface area contributed by atoms with Crippen molar-refractivity contribution in [3.63, 3.8) is 0 Å². The Kier molecular flexibility index (Phi) is 6.98. The molecule has 4 aromatic rings. The van der Waals surface area contributed by atoms with Crippen LogP contribution >= 0.6 is 0 Å². The number of carbonyl (C=O) groups excluding carboxylic acids is 1. The first-order valence-corrected chi connectivity index (χ1v) is 12.6. The van der Waals surface area contributed by atoms with Gasteiger partial charge in [-0.15, -0.1) is 5.92 Å². The number of piperidine rings is 1. The summed E-state index contributed by atoms with van der Waals surface area (Å²) in [6.45, 7) is 5.42. The van der Waals surface area contributed by atoms with Crippen molar-refractivity contribution >= 4 is 23.0 Å². The van der Waals surface area contributed by atoms with E-state index >= 15 is 0 Å². The average Bonchev–Trinajstić information content (AvgIpc) is 3.33. The summed E-state index contributed by atoms with van der Waals surface area (Å²) in [5.41, 5.74) is 6.48. The van der Waals surface area contributed by atoms with Crippen molar-refractivity contribution < 1.29 is 4.79 Å². The van der Waals surface area contributed by atoms with Crippen molar-refractivity contribution in [3.05, 3.63) is 64.0 Å². The van der Waals surface area contributed by atoms with Crippen LogP contribution in [0.1, 0.15) is 26.3 Å². The summed E-state index contributed by atoms with van der Waals surface area (Å²) >= 11 is 0. The van der Waals surface area contributed by atoms with Gasteiger partial charge in [-0.25, -0.2) is 24.3 Å². The van der Waals surface area contributed by atoms with Crippen LogP contribution in [-0.4, -0.2) is 52.6 Å². The van der Waals surface area contributed by atoms with E-state index in [1.54, 1.807) is 20.0 Å². The Morgan fingerprint density at radius 2 is 1.85 bits per heavy atom. The lowest BCUT2D eigenvalue weighted by Gasteiger charge is -2.17. The smallest absolute Gasteiger partial charge is 0.333 e. The fourth-order valence-corrected chi connectivity index (χ4v) is 4.73. The van der Waals surface area contributed by atoms with Crippen molar-refractivity contribution in [2.45, 2.75) is 32.9 Å². The van der Waals surface area contributed by atoms with Crippen LogP contribution < -0.4 is 21.9 Å². The minimum atomic E-state index is -0.745. The first kappa shape index (κ1) is 25.8. The van der Waals surface area contributed by atoms with Gasteiger partial charge in [-0.2, -0.15) is 0 Å². The molecular formula is C27H29N9O3. The van der Waals surface area contributed by atoms with Crippen LogP contribution in [0.3, 0.4) is 0 Å². The van der Waals surface area contributed by atoms with Crippen LogP contribution in [0.4, 0.5) is 5.95 Å². The number of aromatic nitrogens is 7. The van der Waals surface area contributed by atoms with Crippen LogP contribution in [-0.2, 0) is 18.4 Å². The maximum absolute atomic E-state index is 12.5. The number of hydrogen-bond donors (Lipinski definition) is 1. The van der Waals surface area contributed by atoms with E-state index in [-0.39, 0.29) is 17.7 Å². The molecule has 3 atom stereocenters. The van der Waals surface area contributed by atoms with Gasteiger partial charge in [0.15, 0.2) is 11.2 Å². The van der Waals surface area contributed by atoms with Crippen LogP contribution in [0.25, 0.3) is 22.4 Å². The molecule has 1 saturated heterocycles. The Balaban J connectivity index is 0.000000159. The molecule has 1 amide bonds. The second-order valence-electron chi connectivity index (χ2n) is 9.71. The quantitative estimate of drug-likeness (QED) is 0.378. The van der Waals surface area contributed by atoms with E-state index < -0.39 is 23.2 Å². The third kappa shape index (κ3) is 5.03. The van der Waals surface area contributed by atoms with Gasteiger partial charge in [0.1, 0.15) is 6.04 Å². The topological polar surface area (TPSA) is 147 Å². The van der Waals surface area contributed by atoms with Gasteiger partial charge in [0.05, 0.1) is 18.6 Å². The molecule has 12 nitrogen and oxygen atoms in total. The molecule has 0 aromatic carbocycles. The van der Waals surface area contributed by atoms with Gasteiger partial charge in [-0.3, -0.25) is 19.1 Å². The van der Waals surface area contributed by atoms with E-state index in [4.69, 9.17) is 5.73 Å². The van der Waals surface area contributed by atoms with Crippen LogP contribution in [0.15, 0.2) is 52.7 Å². The first-order chi connectivity index (χ1) is 18.8. The third-order valence-corrected chi connectivity index (χ3v) is 7.16. The molecule has 2 fully saturated rings. The molecule has 1 aliphatic carbocycles. The summed E-state index contributed by atoms with van der Waals surface area (Å²) in [6.07, 6.45) is 8.26. The second-order valence-corrected chi connectivity index (χ2v) is 9.71. The highest BCUT2D eigenvalue weighted by atomic mass is 16.2. The SMILES string of the molecule is CC#CCn1c(=O)c2c(ncn2[C@@H](C)C(N)=O)n(C)c1=O.c1ccc(-c2cnc(N3CC4CC4C3)nc2)nc1. The van der Waals surface area contributed by atoms with Crippen LogP contribution in [0, 0.1) is 23.7 Å². The third-order valence-electron chi connectivity index (χ3n) is 7.16. The minimum Gasteiger partial charge on any atom is -0.368 e. The molecule has 0 radical (unpaired) electrons. The predicted octanol–water partition coefficient (Wildman–Crippen LogP) is 0.961. The number of amides is 1. The summed E-state index contributed by atoms with van der Waals surface area (Å²) in [4.78, 5) is 55.5. The number of pyridine rings is 1. The molecule has 0 bridgehead atoms. The molecule has 5 heterocycles. The molecule has 39 heavy (non-hydrogen) atoms. The van der Waals surface area contributed by atoms with Gasteiger partial charge in [-0.05, 0) is 44.2 Å². The highest BCUT2D eigenvalue weighted by molar-refractivity contribution is 5.81. The molecule has 2 unspecified atom stereocenters. The molecule has 1 aliphatic heterocycles. The summed E-state index contributed by atoms with van der Waals surface area (Å²) in [6, 6.07) is 5.12. The lowest BCUT2D eigenvalue weighted by Crippen LogP contribution is -2.40. The maximum atomic E-state index is 12.5. The number of fused-ring (bicyclic) bond motifs is 2. The zero-order chi connectivity index (χ0) is 27.7. The maximum Gasteiger partial charge on any atom is 0.333 e. The van der Waals surface area contributed by atoms with Crippen molar-refractivity contribution in [3.8, 4) is 23.1 Å². The molecule has 0 spiro atoms. The molecule has 4 aromatic heterocycles. The summed E-state index contributed by atoms with van der Waals surface area (Å²) in [5.74, 6) is 7.39. The monoisotopic (exact) mass is 527 g/mol. The van der Waals surface area contributed by atoms with Gasteiger partial charge in [0, 0.05) is 44.3 Å². The normalized spacial score (nSPS) is 18.0. The number of nitrogens with two attached hydrogens (primary N) is 1. The molecule has 2 aliphatic rings. The second kappa shape index (κ2) is 10.5. The van der Waals surface area contributed by atoms with Gasteiger partial charge in [-0.1, -0.05) is 12.0 Å². The van der Waals surface area contributed by atoms with Crippen molar-refractivity contribution in [2.75, 3.05) is 18.0 Å². The first-order valence-electron chi connectivity index (χ1n) is 12.6. The fraction of sp³-hybridized carbons (Fsp3) is 0.370. The summed E-state index contributed by atoms with van der Waals surface area (Å²) in [5, 5.41) is 0. The Morgan fingerprint density at radius 1 is 1.13 bits per heavy atom. The van der Waals surface area contributed by atoms with E-state index in [0.29, 0.717) is 0 Å². The lowest BCUT2D eigenvalue weighted by molar-refractivity contribution is -0.120. The molecule has 200 valence electrons. The number of rotatable bonds is 5. The number of nitrogens with zero attached hydrogens (tertiary/aromatic N) is 8. The Labute approximate surface area is 224 Å². The Hall–Kier alpha value is -4.79. The van der Waals surface area contributed by atoms with Gasteiger partial charge < -0.3 is 15.2 Å². The number of primary amides is 1. The number of anilines is 1. The van der Waals surface area contributed by atoms with E-state index in [0.717, 1.165) is 46.7 Å².